The van der Waals surface area contributed by atoms with Crippen molar-refractivity contribution < 1.29 is 14.3 Å². The zero-order chi connectivity index (χ0) is 16.1. The predicted octanol–water partition coefficient (Wildman–Crippen LogP) is 2.90. The molecule has 0 bridgehead atoms. The average molecular weight is 319 g/mol. The summed E-state index contributed by atoms with van der Waals surface area (Å²) in [5.74, 6) is 1.18. The summed E-state index contributed by atoms with van der Waals surface area (Å²) in [6, 6.07) is 3.53. The number of aromatic nitrogens is 1. The maximum Gasteiger partial charge on any atom is 0.321 e. The van der Waals surface area contributed by atoms with Crippen LogP contribution in [0, 0.1) is 5.92 Å². The summed E-state index contributed by atoms with van der Waals surface area (Å²) < 4.78 is 11.1. The van der Waals surface area contributed by atoms with Crippen LogP contribution in [0.1, 0.15) is 32.6 Å². The molecule has 2 aliphatic heterocycles. The van der Waals surface area contributed by atoms with Crippen LogP contribution in [-0.4, -0.2) is 48.3 Å². The summed E-state index contributed by atoms with van der Waals surface area (Å²) in [7, 11) is 0. The number of ether oxygens (including phenoxy) is 2. The molecule has 2 fully saturated rings. The monoisotopic (exact) mass is 319 g/mol. The molecular weight excluding hydrogens is 294 g/mol. The SMILES string of the molecule is CCOc1ccc(NC(=O)N2CCC([C@@H]3CCCO3)CC2)cn1. The van der Waals surface area contributed by atoms with E-state index in [-0.39, 0.29) is 6.03 Å². The van der Waals surface area contributed by atoms with Crippen molar-refractivity contribution >= 4 is 11.7 Å². The number of rotatable bonds is 4. The second-order valence-corrected chi connectivity index (χ2v) is 6.12. The Balaban J connectivity index is 1.47. The second-order valence-electron chi connectivity index (χ2n) is 6.12. The van der Waals surface area contributed by atoms with Crippen molar-refractivity contribution in [2.24, 2.45) is 5.92 Å². The van der Waals surface area contributed by atoms with Crippen molar-refractivity contribution in [3.63, 3.8) is 0 Å². The normalized spacial score (nSPS) is 22.1. The van der Waals surface area contributed by atoms with E-state index in [4.69, 9.17) is 9.47 Å². The molecule has 0 unspecified atom stereocenters. The minimum absolute atomic E-state index is 0.0539. The van der Waals surface area contributed by atoms with Crippen LogP contribution in [-0.2, 0) is 4.74 Å². The van der Waals surface area contributed by atoms with Gasteiger partial charge in [-0.3, -0.25) is 0 Å². The molecule has 2 amide bonds. The van der Waals surface area contributed by atoms with Gasteiger partial charge in [-0.05, 0) is 44.6 Å². The number of hydrogen-bond donors (Lipinski definition) is 1. The molecule has 6 heteroatoms. The first-order chi connectivity index (χ1) is 11.3. The fourth-order valence-corrected chi connectivity index (χ4v) is 3.34. The first-order valence-corrected chi connectivity index (χ1v) is 8.52. The molecule has 126 valence electrons. The summed E-state index contributed by atoms with van der Waals surface area (Å²) >= 11 is 0. The number of urea groups is 1. The summed E-state index contributed by atoms with van der Waals surface area (Å²) in [6.45, 7) is 4.98. The lowest BCUT2D eigenvalue weighted by Crippen LogP contribution is -2.43. The molecule has 1 atom stereocenters. The van der Waals surface area contributed by atoms with Gasteiger partial charge >= 0.3 is 6.03 Å². The summed E-state index contributed by atoms with van der Waals surface area (Å²) in [5.41, 5.74) is 0.694. The van der Waals surface area contributed by atoms with Gasteiger partial charge in [0.25, 0.3) is 0 Å². The molecule has 0 radical (unpaired) electrons. The number of carbonyl (C=O) groups excluding carboxylic acids is 1. The Morgan fingerprint density at radius 2 is 2.22 bits per heavy atom. The van der Waals surface area contributed by atoms with Gasteiger partial charge in [-0.1, -0.05) is 0 Å². The highest BCUT2D eigenvalue weighted by molar-refractivity contribution is 5.89. The third-order valence-electron chi connectivity index (χ3n) is 4.60. The average Bonchev–Trinajstić information content (AvgIpc) is 3.11. The molecule has 2 aliphatic rings. The molecule has 0 aliphatic carbocycles. The van der Waals surface area contributed by atoms with Crippen molar-refractivity contribution in [3.8, 4) is 5.88 Å². The zero-order valence-corrected chi connectivity index (χ0v) is 13.7. The molecular formula is C17H25N3O3. The summed E-state index contributed by atoms with van der Waals surface area (Å²) in [6.07, 6.45) is 6.45. The van der Waals surface area contributed by atoms with Crippen molar-refractivity contribution in [1.82, 2.24) is 9.88 Å². The highest BCUT2D eigenvalue weighted by Crippen LogP contribution is 2.29. The molecule has 6 nitrogen and oxygen atoms in total. The Labute approximate surface area is 137 Å². The van der Waals surface area contributed by atoms with E-state index in [0.717, 1.165) is 32.5 Å². The summed E-state index contributed by atoms with van der Waals surface area (Å²) in [5, 5.41) is 2.90. The van der Waals surface area contributed by atoms with Crippen LogP contribution < -0.4 is 10.1 Å². The van der Waals surface area contributed by atoms with Gasteiger partial charge < -0.3 is 19.7 Å². The first-order valence-electron chi connectivity index (χ1n) is 8.52. The third-order valence-corrected chi connectivity index (χ3v) is 4.60. The van der Waals surface area contributed by atoms with Crippen LogP contribution in [0.5, 0.6) is 5.88 Å². The highest BCUT2D eigenvalue weighted by Gasteiger charge is 2.30. The maximum absolute atomic E-state index is 12.3. The minimum atomic E-state index is -0.0539. The van der Waals surface area contributed by atoms with Gasteiger partial charge in [-0.25, -0.2) is 9.78 Å². The standard InChI is InChI=1S/C17H25N3O3/c1-2-22-16-6-5-14(12-18-16)19-17(21)20-9-7-13(8-10-20)15-4-3-11-23-15/h5-6,12-13,15H,2-4,7-11H2,1H3,(H,19,21)/t15-/m0/s1. The number of hydrogen-bond acceptors (Lipinski definition) is 4. The van der Waals surface area contributed by atoms with Crippen molar-refractivity contribution in [3.05, 3.63) is 18.3 Å². The van der Waals surface area contributed by atoms with Gasteiger partial charge in [0.15, 0.2) is 0 Å². The largest absolute Gasteiger partial charge is 0.478 e. The van der Waals surface area contributed by atoms with Crippen molar-refractivity contribution in [2.75, 3.05) is 31.6 Å². The minimum Gasteiger partial charge on any atom is -0.478 e. The van der Waals surface area contributed by atoms with E-state index in [1.807, 2.05) is 17.9 Å². The Bertz CT molecular complexity index is 506. The van der Waals surface area contributed by atoms with Crippen LogP contribution in [0.2, 0.25) is 0 Å². The molecule has 1 N–H and O–H groups in total. The predicted molar refractivity (Wildman–Crippen MR) is 87.7 cm³/mol. The van der Waals surface area contributed by atoms with E-state index in [2.05, 4.69) is 10.3 Å². The van der Waals surface area contributed by atoms with Crippen LogP contribution in [0.15, 0.2) is 18.3 Å². The number of carbonyl (C=O) groups is 1. The van der Waals surface area contributed by atoms with E-state index in [9.17, 15) is 4.79 Å². The smallest absolute Gasteiger partial charge is 0.321 e. The Morgan fingerprint density at radius 1 is 1.39 bits per heavy atom. The lowest BCUT2D eigenvalue weighted by Gasteiger charge is -2.34. The van der Waals surface area contributed by atoms with Gasteiger partial charge in [-0.15, -0.1) is 0 Å². The fraction of sp³-hybridized carbons (Fsp3) is 0.647. The lowest BCUT2D eigenvalue weighted by atomic mass is 9.90. The van der Waals surface area contributed by atoms with Gasteiger partial charge in [0.1, 0.15) is 0 Å². The molecule has 2 saturated heterocycles. The maximum atomic E-state index is 12.3. The number of likely N-dealkylation sites (tertiary alicyclic amines) is 1. The molecule has 3 rings (SSSR count). The number of amides is 2. The molecule has 1 aromatic heterocycles. The van der Waals surface area contributed by atoms with Crippen LogP contribution in [0.25, 0.3) is 0 Å². The van der Waals surface area contributed by atoms with Crippen LogP contribution >= 0.6 is 0 Å². The lowest BCUT2D eigenvalue weighted by molar-refractivity contribution is 0.0382. The third kappa shape index (κ3) is 4.13. The number of pyridine rings is 1. The van der Waals surface area contributed by atoms with E-state index in [1.54, 1.807) is 12.3 Å². The Hall–Kier alpha value is -1.82. The summed E-state index contributed by atoms with van der Waals surface area (Å²) in [4.78, 5) is 18.4. The zero-order valence-electron chi connectivity index (χ0n) is 13.7. The number of anilines is 1. The van der Waals surface area contributed by atoms with Gasteiger partial charge in [0, 0.05) is 25.8 Å². The van der Waals surface area contributed by atoms with Gasteiger partial charge in [0.2, 0.25) is 5.88 Å². The van der Waals surface area contributed by atoms with E-state index >= 15 is 0 Å². The fourth-order valence-electron chi connectivity index (χ4n) is 3.34. The topological polar surface area (TPSA) is 63.7 Å². The number of nitrogens with one attached hydrogen (secondary N) is 1. The first kappa shape index (κ1) is 16.1. The van der Waals surface area contributed by atoms with E-state index in [0.29, 0.717) is 30.2 Å². The Kier molecular flexibility index (Phi) is 5.33. The van der Waals surface area contributed by atoms with Crippen LogP contribution in [0.4, 0.5) is 10.5 Å². The molecule has 0 saturated carbocycles. The van der Waals surface area contributed by atoms with Crippen molar-refractivity contribution in [2.45, 2.75) is 38.7 Å². The molecule has 0 spiro atoms. The highest BCUT2D eigenvalue weighted by atomic mass is 16.5. The molecule has 0 aromatic carbocycles. The van der Waals surface area contributed by atoms with E-state index < -0.39 is 0 Å². The van der Waals surface area contributed by atoms with Gasteiger partial charge in [-0.2, -0.15) is 0 Å². The number of nitrogens with zero attached hydrogens (tertiary/aromatic N) is 2. The molecule has 1 aromatic rings. The van der Waals surface area contributed by atoms with E-state index in [1.165, 1.54) is 12.8 Å². The quantitative estimate of drug-likeness (QED) is 0.927. The Morgan fingerprint density at radius 3 is 2.83 bits per heavy atom. The van der Waals surface area contributed by atoms with Crippen molar-refractivity contribution in [1.29, 1.82) is 0 Å². The second kappa shape index (κ2) is 7.64. The molecule has 23 heavy (non-hydrogen) atoms. The number of piperidine rings is 1. The molecule has 3 heterocycles. The van der Waals surface area contributed by atoms with Crippen LogP contribution in [0.3, 0.4) is 0 Å². The van der Waals surface area contributed by atoms with Gasteiger partial charge in [0.05, 0.1) is 24.6 Å².